The Bertz CT molecular complexity index is 439. The van der Waals surface area contributed by atoms with E-state index in [0.29, 0.717) is 17.8 Å². The number of nitrogens with one attached hydrogen (secondary N) is 2. The average Bonchev–Trinajstić information content (AvgIpc) is 2.72. The fraction of sp³-hybridized carbons (Fsp3) is 0.100. The maximum Gasteiger partial charge on any atom is 0.268 e. The maximum absolute atomic E-state index is 11.4. The Hall–Kier alpha value is -1.97. The quantitative estimate of drug-likeness (QED) is 0.723. The highest BCUT2D eigenvalue weighted by atomic mass is 16.3. The fourth-order valence-corrected chi connectivity index (χ4v) is 1.23. The molecule has 0 saturated carbocycles. The Morgan fingerprint density at radius 3 is 3.29 bits per heavy atom. The Balaban J connectivity index is 2.21. The van der Waals surface area contributed by atoms with Gasteiger partial charge in [-0.15, -0.1) is 6.58 Å². The molecule has 2 aromatic rings. The molecule has 0 radical (unpaired) electrons. The third-order valence-electron chi connectivity index (χ3n) is 1.89. The predicted octanol–water partition coefficient (Wildman–Crippen LogP) is 1.68. The second-order valence-electron chi connectivity index (χ2n) is 2.88. The van der Waals surface area contributed by atoms with E-state index in [1.54, 1.807) is 24.5 Å². The second kappa shape index (κ2) is 3.41. The van der Waals surface area contributed by atoms with E-state index in [1.165, 1.54) is 0 Å². The molecule has 14 heavy (non-hydrogen) atoms. The van der Waals surface area contributed by atoms with Gasteiger partial charge >= 0.3 is 0 Å². The molecule has 0 spiro atoms. The highest BCUT2D eigenvalue weighted by molar-refractivity contribution is 5.96. The SMILES string of the molecule is C=CCNC(=O)c1cc2occc2[nH]1. The Labute approximate surface area is 80.6 Å². The van der Waals surface area contributed by atoms with Crippen molar-refractivity contribution in [3.8, 4) is 0 Å². The molecule has 0 aromatic carbocycles. The lowest BCUT2D eigenvalue weighted by molar-refractivity contribution is 0.0954. The van der Waals surface area contributed by atoms with Crippen LogP contribution in [0, 0.1) is 0 Å². The molecule has 72 valence electrons. The zero-order chi connectivity index (χ0) is 9.97. The monoisotopic (exact) mass is 190 g/mol. The molecule has 0 aliphatic carbocycles. The first-order valence-electron chi connectivity index (χ1n) is 4.26. The van der Waals surface area contributed by atoms with Gasteiger partial charge in [0.1, 0.15) is 5.69 Å². The molecule has 2 aromatic heterocycles. The number of rotatable bonds is 3. The lowest BCUT2D eigenvalue weighted by atomic mass is 10.4. The van der Waals surface area contributed by atoms with Crippen LogP contribution < -0.4 is 5.32 Å². The van der Waals surface area contributed by atoms with Gasteiger partial charge in [-0.2, -0.15) is 0 Å². The van der Waals surface area contributed by atoms with Crippen molar-refractivity contribution in [2.24, 2.45) is 0 Å². The van der Waals surface area contributed by atoms with Crippen molar-refractivity contribution in [3.63, 3.8) is 0 Å². The van der Waals surface area contributed by atoms with E-state index in [9.17, 15) is 4.79 Å². The van der Waals surface area contributed by atoms with E-state index in [2.05, 4.69) is 16.9 Å². The van der Waals surface area contributed by atoms with Crippen LogP contribution in [0.25, 0.3) is 11.1 Å². The highest BCUT2D eigenvalue weighted by Crippen LogP contribution is 2.15. The van der Waals surface area contributed by atoms with Crippen molar-refractivity contribution in [2.45, 2.75) is 0 Å². The Morgan fingerprint density at radius 2 is 2.57 bits per heavy atom. The Kier molecular flexibility index (Phi) is 2.10. The lowest BCUT2D eigenvalue weighted by Gasteiger charge is -1.97. The first-order valence-corrected chi connectivity index (χ1v) is 4.26. The number of hydrogen-bond donors (Lipinski definition) is 2. The molecular weight excluding hydrogens is 180 g/mol. The summed E-state index contributed by atoms with van der Waals surface area (Å²) in [5, 5.41) is 2.67. The Morgan fingerprint density at radius 1 is 1.71 bits per heavy atom. The number of amides is 1. The molecule has 0 atom stereocenters. The lowest BCUT2D eigenvalue weighted by Crippen LogP contribution is -2.23. The molecule has 4 heteroatoms. The molecule has 0 saturated heterocycles. The summed E-state index contributed by atoms with van der Waals surface area (Å²) in [6.07, 6.45) is 3.21. The van der Waals surface area contributed by atoms with Crippen LogP contribution >= 0.6 is 0 Å². The standard InChI is InChI=1S/C10H10N2O2/c1-2-4-11-10(13)8-6-9-7(12-8)3-5-14-9/h2-3,5-6,12H,1,4H2,(H,11,13). The third-order valence-corrected chi connectivity index (χ3v) is 1.89. The molecule has 2 N–H and O–H groups in total. The van der Waals surface area contributed by atoms with Gasteiger partial charge in [0.05, 0.1) is 11.8 Å². The zero-order valence-electron chi connectivity index (χ0n) is 7.54. The van der Waals surface area contributed by atoms with E-state index in [0.717, 1.165) is 5.52 Å². The highest BCUT2D eigenvalue weighted by Gasteiger charge is 2.09. The van der Waals surface area contributed by atoms with Crippen molar-refractivity contribution in [1.29, 1.82) is 0 Å². The minimum absolute atomic E-state index is 0.156. The second-order valence-corrected chi connectivity index (χ2v) is 2.88. The van der Waals surface area contributed by atoms with Gasteiger partial charge in [-0.05, 0) is 0 Å². The number of carbonyl (C=O) groups excluding carboxylic acids is 1. The summed E-state index contributed by atoms with van der Waals surface area (Å²) in [5.74, 6) is -0.156. The van der Waals surface area contributed by atoms with Gasteiger partial charge in [-0.25, -0.2) is 0 Å². The van der Waals surface area contributed by atoms with Gasteiger partial charge in [0.2, 0.25) is 0 Å². The summed E-state index contributed by atoms with van der Waals surface area (Å²) < 4.78 is 5.12. The normalized spacial score (nSPS) is 10.3. The van der Waals surface area contributed by atoms with Crippen LogP contribution in [0.1, 0.15) is 10.5 Å². The molecule has 0 bridgehead atoms. The zero-order valence-corrected chi connectivity index (χ0v) is 7.54. The first kappa shape index (κ1) is 8.62. The van der Waals surface area contributed by atoms with E-state index < -0.39 is 0 Å². The number of aromatic nitrogens is 1. The van der Waals surface area contributed by atoms with Gasteiger partial charge in [0.25, 0.3) is 5.91 Å². The van der Waals surface area contributed by atoms with Crippen LogP contribution in [0.5, 0.6) is 0 Å². The van der Waals surface area contributed by atoms with E-state index in [4.69, 9.17) is 4.42 Å². The number of carbonyl (C=O) groups is 1. The molecule has 0 aliphatic heterocycles. The van der Waals surface area contributed by atoms with Gasteiger partial charge in [-0.3, -0.25) is 4.79 Å². The smallest absolute Gasteiger partial charge is 0.268 e. The summed E-state index contributed by atoms with van der Waals surface area (Å²) in [6.45, 7) is 3.97. The summed E-state index contributed by atoms with van der Waals surface area (Å²) in [4.78, 5) is 14.4. The first-order chi connectivity index (χ1) is 6.81. The van der Waals surface area contributed by atoms with E-state index in [1.807, 2.05) is 0 Å². The largest absolute Gasteiger partial charge is 0.463 e. The van der Waals surface area contributed by atoms with Crippen LogP contribution in [0.2, 0.25) is 0 Å². The molecule has 4 nitrogen and oxygen atoms in total. The van der Waals surface area contributed by atoms with Crippen molar-refractivity contribution in [1.82, 2.24) is 10.3 Å². The topological polar surface area (TPSA) is 58.0 Å². The summed E-state index contributed by atoms with van der Waals surface area (Å²) in [7, 11) is 0. The molecular formula is C10H10N2O2. The fourth-order valence-electron chi connectivity index (χ4n) is 1.23. The van der Waals surface area contributed by atoms with Crippen molar-refractivity contribution >= 4 is 17.0 Å². The summed E-state index contributed by atoms with van der Waals surface area (Å²) >= 11 is 0. The molecule has 0 aliphatic rings. The molecule has 1 amide bonds. The molecule has 0 unspecified atom stereocenters. The number of fused-ring (bicyclic) bond motifs is 1. The van der Waals surface area contributed by atoms with Crippen molar-refractivity contribution < 1.29 is 9.21 Å². The van der Waals surface area contributed by atoms with Crippen LogP contribution in [-0.2, 0) is 0 Å². The van der Waals surface area contributed by atoms with Crippen LogP contribution in [-0.4, -0.2) is 17.4 Å². The minimum Gasteiger partial charge on any atom is -0.463 e. The molecule has 0 fully saturated rings. The number of H-pyrrole nitrogens is 1. The number of aromatic amines is 1. The van der Waals surface area contributed by atoms with Gasteiger partial charge < -0.3 is 14.7 Å². The molecule has 2 heterocycles. The van der Waals surface area contributed by atoms with Crippen LogP contribution in [0.15, 0.2) is 35.5 Å². The van der Waals surface area contributed by atoms with Gasteiger partial charge in [0, 0.05) is 18.7 Å². The minimum atomic E-state index is -0.156. The number of furan rings is 1. The summed E-state index contributed by atoms with van der Waals surface area (Å²) in [5.41, 5.74) is 2.02. The molecule has 2 rings (SSSR count). The third kappa shape index (κ3) is 1.42. The average molecular weight is 190 g/mol. The van der Waals surface area contributed by atoms with Crippen LogP contribution in [0.3, 0.4) is 0 Å². The van der Waals surface area contributed by atoms with Gasteiger partial charge in [0.15, 0.2) is 5.58 Å². The van der Waals surface area contributed by atoms with Crippen molar-refractivity contribution in [3.05, 3.63) is 36.7 Å². The van der Waals surface area contributed by atoms with Gasteiger partial charge in [-0.1, -0.05) is 6.08 Å². The van der Waals surface area contributed by atoms with E-state index >= 15 is 0 Å². The maximum atomic E-state index is 11.4. The predicted molar refractivity (Wildman–Crippen MR) is 53.1 cm³/mol. The summed E-state index contributed by atoms with van der Waals surface area (Å²) in [6, 6.07) is 3.45. The van der Waals surface area contributed by atoms with Crippen LogP contribution in [0.4, 0.5) is 0 Å². The van der Waals surface area contributed by atoms with E-state index in [-0.39, 0.29) is 5.91 Å². The van der Waals surface area contributed by atoms with Crippen molar-refractivity contribution in [2.75, 3.05) is 6.54 Å². The number of hydrogen-bond acceptors (Lipinski definition) is 2.